The molecular weight excluding hydrogens is 416 g/mol. The lowest BCUT2D eigenvalue weighted by Gasteiger charge is -2.28. The lowest BCUT2D eigenvalue weighted by Crippen LogP contribution is -2.31. The Kier molecular flexibility index (Phi) is 9.95. The van der Waals surface area contributed by atoms with Crippen LogP contribution in [0.3, 0.4) is 0 Å². The topological polar surface area (TPSA) is 42.5 Å². The standard InChI is InChI=1S/C25H28N2O2S.2CH4/c1-28-24-15-20-11-12-26-23(14-19-9-6-10-21(13-19)27-30-2)22(20)16-25(24)29-17-18-7-4-3-5-8-18;;/h3-10,13,15-16,23,26-27H,11-12,14,17H2,1-2H3;2*1H4. The maximum Gasteiger partial charge on any atom is 0.162 e. The summed E-state index contributed by atoms with van der Waals surface area (Å²) >= 11 is 1.61. The molecule has 0 aromatic heterocycles. The third kappa shape index (κ3) is 6.21. The van der Waals surface area contributed by atoms with E-state index in [9.17, 15) is 0 Å². The number of hydrogen-bond acceptors (Lipinski definition) is 5. The van der Waals surface area contributed by atoms with E-state index in [0.29, 0.717) is 6.61 Å². The van der Waals surface area contributed by atoms with Crippen LogP contribution in [0.15, 0.2) is 66.7 Å². The zero-order chi connectivity index (χ0) is 20.8. The lowest BCUT2D eigenvalue weighted by molar-refractivity contribution is 0.283. The monoisotopic (exact) mass is 452 g/mol. The molecule has 1 aliphatic rings. The highest BCUT2D eigenvalue weighted by molar-refractivity contribution is 7.99. The van der Waals surface area contributed by atoms with Crippen molar-refractivity contribution in [1.82, 2.24) is 5.32 Å². The van der Waals surface area contributed by atoms with Gasteiger partial charge in [-0.25, -0.2) is 0 Å². The molecule has 0 saturated carbocycles. The van der Waals surface area contributed by atoms with Crippen LogP contribution in [0.5, 0.6) is 11.5 Å². The van der Waals surface area contributed by atoms with E-state index >= 15 is 0 Å². The highest BCUT2D eigenvalue weighted by atomic mass is 32.2. The predicted molar refractivity (Wildman–Crippen MR) is 139 cm³/mol. The highest BCUT2D eigenvalue weighted by Crippen LogP contribution is 2.37. The molecule has 3 aromatic rings. The van der Waals surface area contributed by atoms with Crippen molar-refractivity contribution in [3.8, 4) is 11.5 Å². The molecule has 4 rings (SSSR count). The van der Waals surface area contributed by atoms with E-state index in [4.69, 9.17) is 9.47 Å². The van der Waals surface area contributed by atoms with Crippen LogP contribution in [0.4, 0.5) is 5.69 Å². The fourth-order valence-corrected chi connectivity index (χ4v) is 4.32. The Bertz CT molecular complexity index is 979. The Morgan fingerprint density at radius 3 is 2.50 bits per heavy atom. The van der Waals surface area contributed by atoms with E-state index in [2.05, 4.69) is 58.6 Å². The summed E-state index contributed by atoms with van der Waals surface area (Å²) in [6, 6.07) is 23.4. The molecule has 1 aliphatic heterocycles. The van der Waals surface area contributed by atoms with Gasteiger partial charge in [0, 0.05) is 18.0 Å². The number of ether oxygens (including phenoxy) is 2. The summed E-state index contributed by atoms with van der Waals surface area (Å²) in [5.74, 6) is 1.60. The fraction of sp³-hybridized carbons (Fsp3) is 0.333. The van der Waals surface area contributed by atoms with Crippen molar-refractivity contribution in [2.75, 3.05) is 24.6 Å². The number of methoxy groups -OCH3 is 1. The van der Waals surface area contributed by atoms with Crippen LogP contribution < -0.4 is 19.5 Å². The van der Waals surface area contributed by atoms with Gasteiger partial charge in [0.05, 0.1) is 7.11 Å². The first-order valence-corrected chi connectivity index (χ1v) is 11.5. The summed E-state index contributed by atoms with van der Waals surface area (Å²) < 4.78 is 15.1. The van der Waals surface area contributed by atoms with Crippen molar-refractivity contribution in [2.24, 2.45) is 0 Å². The second-order valence-corrected chi connectivity index (χ2v) is 8.06. The molecule has 5 heteroatoms. The van der Waals surface area contributed by atoms with Gasteiger partial charge in [-0.3, -0.25) is 0 Å². The van der Waals surface area contributed by atoms with Gasteiger partial charge in [-0.1, -0.05) is 69.3 Å². The lowest BCUT2D eigenvalue weighted by atomic mass is 9.89. The van der Waals surface area contributed by atoms with Crippen molar-refractivity contribution >= 4 is 17.6 Å². The highest BCUT2D eigenvalue weighted by Gasteiger charge is 2.23. The van der Waals surface area contributed by atoms with Gasteiger partial charge < -0.3 is 19.5 Å². The van der Waals surface area contributed by atoms with Gasteiger partial charge >= 0.3 is 0 Å². The first kappa shape index (κ1) is 25.6. The molecule has 1 atom stereocenters. The molecule has 1 heterocycles. The maximum atomic E-state index is 6.16. The number of rotatable bonds is 8. The largest absolute Gasteiger partial charge is 0.493 e. The summed E-state index contributed by atoms with van der Waals surface area (Å²) in [5.41, 5.74) is 6.22. The van der Waals surface area contributed by atoms with Crippen molar-refractivity contribution in [1.29, 1.82) is 0 Å². The second-order valence-electron chi connectivity index (χ2n) is 7.44. The summed E-state index contributed by atoms with van der Waals surface area (Å²) in [5, 5.41) is 3.69. The fourth-order valence-electron chi connectivity index (χ4n) is 3.95. The molecule has 3 aromatic carbocycles. The molecule has 0 aliphatic carbocycles. The quantitative estimate of drug-likeness (QED) is 0.374. The van der Waals surface area contributed by atoms with Gasteiger partial charge in [0.1, 0.15) is 6.61 Å². The van der Waals surface area contributed by atoms with Crippen molar-refractivity contribution in [3.63, 3.8) is 0 Å². The van der Waals surface area contributed by atoms with Gasteiger partial charge in [-0.05, 0) is 65.9 Å². The minimum atomic E-state index is 0. The number of benzene rings is 3. The molecule has 172 valence electrons. The molecule has 4 nitrogen and oxygen atoms in total. The summed E-state index contributed by atoms with van der Waals surface area (Å²) in [7, 11) is 1.71. The minimum absolute atomic E-state index is 0. The number of anilines is 1. The van der Waals surface area contributed by atoms with E-state index in [1.165, 1.54) is 16.7 Å². The van der Waals surface area contributed by atoms with Crippen LogP contribution in [-0.4, -0.2) is 19.9 Å². The molecule has 0 radical (unpaired) electrons. The van der Waals surface area contributed by atoms with Crippen LogP contribution in [0.25, 0.3) is 0 Å². The van der Waals surface area contributed by atoms with Crippen LogP contribution in [0.2, 0.25) is 0 Å². The van der Waals surface area contributed by atoms with Gasteiger partial charge in [0.25, 0.3) is 0 Å². The zero-order valence-corrected chi connectivity index (χ0v) is 18.3. The van der Waals surface area contributed by atoms with Crippen LogP contribution in [0, 0.1) is 0 Å². The van der Waals surface area contributed by atoms with E-state index in [1.807, 2.05) is 24.5 Å². The Hall–Kier alpha value is -2.63. The average molecular weight is 453 g/mol. The molecule has 0 amide bonds. The summed E-state index contributed by atoms with van der Waals surface area (Å²) in [6.45, 7) is 1.49. The Morgan fingerprint density at radius 1 is 0.969 bits per heavy atom. The van der Waals surface area contributed by atoms with Crippen molar-refractivity contribution in [3.05, 3.63) is 89.0 Å². The number of hydrogen-bond donors (Lipinski definition) is 2. The minimum Gasteiger partial charge on any atom is -0.493 e. The molecule has 0 saturated heterocycles. The first-order chi connectivity index (χ1) is 14.8. The Balaban J connectivity index is 0.00000181. The molecule has 0 spiro atoms. The molecule has 32 heavy (non-hydrogen) atoms. The van der Waals surface area contributed by atoms with Crippen LogP contribution >= 0.6 is 11.9 Å². The third-order valence-electron chi connectivity index (χ3n) is 5.41. The van der Waals surface area contributed by atoms with Gasteiger partial charge in [-0.15, -0.1) is 0 Å². The normalized spacial score (nSPS) is 14.4. The van der Waals surface area contributed by atoms with Gasteiger partial charge in [0.15, 0.2) is 11.5 Å². The summed E-state index contributed by atoms with van der Waals surface area (Å²) in [6.07, 6.45) is 3.96. The summed E-state index contributed by atoms with van der Waals surface area (Å²) in [4.78, 5) is 0. The SMILES string of the molecule is C.C.COc1cc2c(cc1OCc1ccccc1)C(Cc1cccc(NSC)c1)NCC2. The predicted octanol–water partition coefficient (Wildman–Crippen LogP) is 6.67. The maximum absolute atomic E-state index is 6.16. The van der Waals surface area contributed by atoms with E-state index in [-0.39, 0.29) is 20.9 Å². The average Bonchev–Trinajstić information content (AvgIpc) is 2.78. The van der Waals surface area contributed by atoms with Crippen LogP contribution in [-0.2, 0) is 19.4 Å². The number of nitrogens with one attached hydrogen (secondary N) is 2. The van der Waals surface area contributed by atoms with Gasteiger partial charge in [-0.2, -0.15) is 0 Å². The van der Waals surface area contributed by atoms with Crippen molar-refractivity contribution in [2.45, 2.75) is 40.3 Å². The smallest absolute Gasteiger partial charge is 0.162 e. The molecule has 0 fully saturated rings. The number of fused-ring (bicyclic) bond motifs is 1. The Labute approximate surface area is 197 Å². The van der Waals surface area contributed by atoms with Crippen molar-refractivity contribution < 1.29 is 9.47 Å². The van der Waals surface area contributed by atoms with Gasteiger partial charge in [0.2, 0.25) is 0 Å². The zero-order valence-electron chi connectivity index (χ0n) is 17.5. The molecule has 2 N–H and O–H groups in total. The van der Waals surface area contributed by atoms with E-state index < -0.39 is 0 Å². The molecule has 0 bridgehead atoms. The Morgan fingerprint density at radius 2 is 1.75 bits per heavy atom. The third-order valence-corrected chi connectivity index (χ3v) is 5.85. The van der Waals surface area contributed by atoms with E-state index in [0.717, 1.165) is 42.1 Å². The molecular formula is C27H36N2O2S. The first-order valence-electron chi connectivity index (χ1n) is 10.3. The molecule has 1 unspecified atom stereocenters. The second kappa shape index (κ2) is 12.4. The van der Waals surface area contributed by atoms with E-state index in [1.54, 1.807) is 19.1 Å². The van der Waals surface area contributed by atoms with Crippen LogP contribution in [0.1, 0.15) is 43.1 Å².